The summed E-state index contributed by atoms with van der Waals surface area (Å²) in [5.74, 6) is -1.50. The maximum atomic E-state index is 12.7. The molecule has 1 aromatic carbocycles. The van der Waals surface area contributed by atoms with Crippen molar-refractivity contribution < 1.29 is 24.3 Å². The van der Waals surface area contributed by atoms with Crippen molar-refractivity contribution in [1.29, 1.82) is 0 Å². The van der Waals surface area contributed by atoms with Crippen molar-refractivity contribution in [2.45, 2.75) is 58.6 Å². The zero-order valence-corrected chi connectivity index (χ0v) is 16.3. The fraction of sp³-hybridized carbons (Fsp3) is 0.550. The van der Waals surface area contributed by atoms with E-state index in [4.69, 9.17) is 4.74 Å². The highest BCUT2D eigenvalue weighted by Gasteiger charge is 2.28. The molecule has 2 unspecified atom stereocenters. The van der Waals surface area contributed by atoms with E-state index in [9.17, 15) is 19.6 Å². The lowest BCUT2D eigenvalue weighted by Crippen LogP contribution is -2.48. The van der Waals surface area contributed by atoms with Crippen LogP contribution < -0.4 is 5.32 Å². The van der Waals surface area contributed by atoms with Crippen LogP contribution in [-0.4, -0.2) is 47.2 Å². The summed E-state index contributed by atoms with van der Waals surface area (Å²) >= 11 is 0. The summed E-state index contributed by atoms with van der Waals surface area (Å²) in [6, 6.07) is 8.50. The predicted molar refractivity (Wildman–Crippen MR) is 101 cm³/mol. The second kappa shape index (κ2) is 12.1. The third-order valence-corrected chi connectivity index (χ3v) is 4.04. The lowest BCUT2D eigenvalue weighted by Gasteiger charge is -2.24. The Morgan fingerprint density at radius 1 is 1.26 bits per heavy atom. The van der Waals surface area contributed by atoms with Crippen molar-refractivity contribution in [3.8, 4) is 0 Å². The van der Waals surface area contributed by atoms with Gasteiger partial charge in [-0.3, -0.25) is 14.8 Å². The van der Waals surface area contributed by atoms with E-state index in [0.717, 1.165) is 18.4 Å². The van der Waals surface area contributed by atoms with E-state index in [1.165, 1.54) is 0 Å². The fourth-order valence-electron chi connectivity index (χ4n) is 2.67. The summed E-state index contributed by atoms with van der Waals surface area (Å²) < 4.78 is 5.28. The van der Waals surface area contributed by atoms with Gasteiger partial charge in [0.25, 0.3) is 0 Å². The minimum Gasteiger partial charge on any atom is -0.461 e. The molecular weight excluding hydrogens is 348 g/mol. The number of esters is 1. The van der Waals surface area contributed by atoms with Gasteiger partial charge in [0.05, 0.1) is 18.6 Å². The molecule has 0 heterocycles. The molecule has 0 fully saturated rings. The summed E-state index contributed by atoms with van der Waals surface area (Å²) in [5, 5.41) is 12.7. The molecule has 0 bridgehead atoms. The van der Waals surface area contributed by atoms with Gasteiger partial charge < -0.3 is 10.1 Å². The van der Waals surface area contributed by atoms with E-state index in [-0.39, 0.29) is 25.0 Å². The topological polar surface area (TPSA) is 95.9 Å². The van der Waals surface area contributed by atoms with Gasteiger partial charge in [-0.15, -0.1) is 0 Å². The highest BCUT2D eigenvalue weighted by Crippen LogP contribution is 2.12. The number of hydrogen-bond donors (Lipinski definition) is 2. The van der Waals surface area contributed by atoms with Crippen molar-refractivity contribution in [2.24, 2.45) is 5.92 Å². The van der Waals surface area contributed by atoms with Gasteiger partial charge >= 0.3 is 5.97 Å². The lowest BCUT2D eigenvalue weighted by molar-refractivity contribution is -0.157. The van der Waals surface area contributed by atoms with Crippen LogP contribution in [0.15, 0.2) is 30.3 Å². The first-order valence-corrected chi connectivity index (χ1v) is 9.33. The Balaban J connectivity index is 2.89. The van der Waals surface area contributed by atoms with Crippen LogP contribution in [0, 0.1) is 5.92 Å². The molecule has 0 spiro atoms. The molecule has 7 nitrogen and oxygen atoms in total. The summed E-state index contributed by atoms with van der Waals surface area (Å²) in [6.07, 6.45) is 2.41. The molecule has 1 rings (SSSR count). The third-order valence-electron chi connectivity index (χ3n) is 4.04. The van der Waals surface area contributed by atoms with E-state index in [2.05, 4.69) is 5.32 Å². The quantitative estimate of drug-likeness (QED) is 0.252. The number of nitrogens with zero attached hydrogens (tertiary/aromatic N) is 1. The highest BCUT2D eigenvalue weighted by molar-refractivity contribution is 5.86. The van der Waals surface area contributed by atoms with Crippen LogP contribution in [-0.2, 0) is 25.5 Å². The van der Waals surface area contributed by atoms with Crippen molar-refractivity contribution in [1.82, 2.24) is 10.4 Å². The van der Waals surface area contributed by atoms with Crippen LogP contribution in [0.1, 0.15) is 45.6 Å². The zero-order chi connectivity index (χ0) is 20.2. The molecular formula is C20H30N2O5. The average molecular weight is 378 g/mol. The summed E-state index contributed by atoms with van der Waals surface area (Å²) in [5.41, 5.74) is 0.894. The largest absolute Gasteiger partial charge is 0.461 e. The van der Waals surface area contributed by atoms with E-state index in [1.54, 1.807) is 13.8 Å². The standard InChI is InChI=1S/C20H30N2O5/c1-4-5-11-17(13-22(26)14-23)19(24)21-18(20(25)27-15(2)3)12-16-9-7-6-8-10-16/h6-10,14-15,17-18,26H,4-5,11-13H2,1-3H3,(H,21,24). The van der Waals surface area contributed by atoms with E-state index < -0.39 is 17.9 Å². The maximum absolute atomic E-state index is 12.7. The van der Waals surface area contributed by atoms with Gasteiger partial charge in [-0.05, 0) is 25.8 Å². The average Bonchev–Trinajstić information content (AvgIpc) is 2.64. The number of carbonyl (C=O) groups excluding carboxylic acids is 3. The normalized spacial score (nSPS) is 12.9. The van der Waals surface area contributed by atoms with Crippen LogP contribution in [0.4, 0.5) is 0 Å². The van der Waals surface area contributed by atoms with Gasteiger partial charge in [0, 0.05) is 6.42 Å². The first-order valence-electron chi connectivity index (χ1n) is 9.33. The second-order valence-corrected chi connectivity index (χ2v) is 6.80. The van der Waals surface area contributed by atoms with Crippen LogP contribution in [0.25, 0.3) is 0 Å². The molecule has 0 aliphatic rings. The van der Waals surface area contributed by atoms with Crippen LogP contribution in [0.2, 0.25) is 0 Å². The maximum Gasteiger partial charge on any atom is 0.329 e. The number of amides is 2. The Bertz CT molecular complexity index is 591. The Labute approximate surface area is 160 Å². The number of ether oxygens (including phenoxy) is 1. The molecule has 0 saturated heterocycles. The number of nitrogens with one attached hydrogen (secondary N) is 1. The van der Waals surface area contributed by atoms with Crippen molar-refractivity contribution in [3.63, 3.8) is 0 Å². The summed E-state index contributed by atoms with van der Waals surface area (Å²) in [4.78, 5) is 35.9. The molecule has 0 aromatic heterocycles. The number of unbranched alkanes of at least 4 members (excludes halogenated alkanes) is 1. The Morgan fingerprint density at radius 3 is 2.48 bits per heavy atom. The number of rotatable bonds is 12. The Kier molecular flexibility index (Phi) is 10.1. The Hall–Kier alpha value is -2.41. The van der Waals surface area contributed by atoms with Crippen molar-refractivity contribution in [3.05, 3.63) is 35.9 Å². The number of benzene rings is 1. The summed E-state index contributed by atoms with van der Waals surface area (Å²) in [7, 11) is 0. The van der Waals surface area contributed by atoms with E-state index >= 15 is 0 Å². The monoisotopic (exact) mass is 378 g/mol. The second-order valence-electron chi connectivity index (χ2n) is 6.80. The minimum atomic E-state index is -0.838. The highest BCUT2D eigenvalue weighted by atomic mass is 16.5. The molecule has 2 N–H and O–H groups in total. The molecule has 7 heteroatoms. The van der Waals surface area contributed by atoms with Gasteiger partial charge in [0.1, 0.15) is 6.04 Å². The molecule has 0 aliphatic carbocycles. The molecule has 2 amide bonds. The molecule has 2 atom stereocenters. The lowest BCUT2D eigenvalue weighted by atomic mass is 9.99. The smallest absolute Gasteiger partial charge is 0.329 e. The molecule has 1 aromatic rings. The van der Waals surface area contributed by atoms with Crippen LogP contribution >= 0.6 is 0 Å². The van der Waals surface area contributed by atoms with Crippen molar-refractivity contribution in [2.75, 3.05) is 6.54 Å². The molecule has 0 saturated carbocycles. The zero-order valence-electron chi connectivity index (χ0n) is 16.3. The first-order chi connectivity index (χ1) is 12.9. The minimum absolute atomic E-state index is 0.118. The van der Waals surface area contributed by atoms with Gasteiger partial charge in [-0.2, -0.15) is 0 Å². The fourth-order valence-corrected chi connectivity index (χ4v) is 2.67. The number of hydrogen-bond acceptors (Lipinski definition) is 5. The van der Waals surface area contributed by atoms with Crippen LogP contribution in [0.3, 0.4) is 0 Å². The van der Waals surface area contributed by atoms with Gasteiger partial charge in [-0.1, -0.05) is 50.1 Å². The number of hydroxylamine groups is 2. The van der Waals surface area contributed by atoms with Crippen LogP contribution in [0.5, 0.6) is 0 Å². The molecule has 150 valence electrons. The first kappa shape index (κ1) is 22.6. The summed E-state index contributed by atoms with van der Waals surface area (Å²) in [6.45, 7) is 5.37. The predicted octanol–water partition coefficient (Wildman–Crippen LogP) is 2.32. The van der Waals surface area contributed by atoms with E-state index in [1.807, 2.05) is 37.3 Å². The molecule has 0 aliphatic heterocycles. The van der Waals surface area contributed by atoms with Gasteiger partial charge in [-0.25, -0.2) is 9.86 Å². The molecule has 0 radical (unpaired) electrons. The third kappa shape index (κ3) is 8.68. The van der Waals surface area contributed by atoms with Crippen molar-refractivity contribution >= 4 is 18.3 Å². The van der Waals surface area contributed by atoms with Gasteiger partial charge in [0.15, 0.2) is 0 Å². The molecule has 27 heavy (non-hydrogen) atoms. The van der Waals surface area contributed by atoms with Gasteiger partial charge in [0.2, 0.25) is 12.3 Å². The SMILES string of the molecule is CCCCC(CN(O)C=O)C(=O)NC(Cc1ccccc1)C(=O)OC(C)C. The number of carbonyl (C=O) groups is 3. The Morgan fingerprint density at radius 2 is 1.93 bits per heavy atom. The van der Waals surface area contributed by atoms with E-state index in [0.29, 0.717) is 17.9 Å².